The fourth-order valence-electron chi connectivity index (χ4n) is 1.14. The van der Waals surface area contributed by atoms with Gasteiger partial charge >= 0.3 is 12.3 Å². The van der Waals surface area contributed by atoms with Crippen molar-refractivity contribution < 1.29 is 30.4 Å². The van der Waals surface area contributed by atoms with E-state index in [1.54, 1.807) is 0 Å². The number of hydrogen-bond acceptors (Lipinski definition) is 3. The summed E-state index contributed by atoms with van der Waals surface area (Å²) < 4.78 is 87.4. The number of hydrogen-bond donors (Lipinski definition) is 2. The van der Waals surface area contributed by atoms with Gasteiger partial charge in [0.05, 0.1) is 21.7 Å². The van der Waals surface area contributed by atoms with Crippen molar-refractivity contribution in [1.82, 2.24) is 4.72 Å². The SMILES string of the molecule is Nc1c(F)c(S(=O)(=O)NCC(F)(F)C(F)F)cc(Cl)c1Br. The van der Waals surface area contributed by atoms with Crippen LogP contribution < -0.4 is 10.5 Å². The predicted octanol–water partition coefficient (Wildman–Crippen LogP) is 3.00. The highest BCUT2D eigenvalue weighted by Crippen LogP contribution is 2.34. The lowest BCUT2D eigenvalue weighted by Gasteiger charge is -2.16. The Hall–Kier alpha value is -0.650. The summed E-state index contributed by atoms with van der Waals surface area (Å²) >= 11 is 8.37. The zero-order valence-corrected chi connectivity index (χ0v) is 13.0. The Morgan fingerprint density at radius 3 is 2.43 bits per heavy atom. The first kappa shape index (κ1) is 18.4. The molecule has 0 aromatic heterocycles. The highest BCUT2D eigenvalue weighted by molar-refractivity contribution is 9.10. The Labute approximate surface area is 129 Å². The van der Waals surface area contributed by atoms with E-state index < -0.39 is 45.3 Å². The van der Waals surface area contributed by atoms with E-state index in [2.05, 4.69) is 15.9 Å². The van der Waals surface area contributed by atoms with E-state index in [1.807, 2.05) is 0 Å². The van der Waals surface area contributed by atoms with Crippen molar-refractivity contribution >= 4 is 43.2 Å². The van der Waals surface area contributed by atoms with Crippen LogP contribution >= 0.6 is 27.5 Å². The average molecular weight is 418 g/mol. The first-order chi connectivity index (χ1) is 9.40. The van der Waals surface area contributed by atoms with Crippen LogP contribution in [0.4, 0.5) is 27.6 Å². The van der Waals surface area contributed by atoms with Crippen LogP contribution in [0, 0.1) is 5.82 Å². The summed E-state index contributed by atoms with van der Waals surface area (Å²) in [5.41, 5.74) is 4.58. The van der Waals surface area contributed by atoms with Crippen molar-refractivity contribution in [2.75, 3.05) is 12.3 Å². The number of anilines is 1. The molecule has 1 rings (SSSR count). The Balaban J connectivity index is 3.16. The number of sulfonamides is 1. The van der Waals surface area contributed by atoms with Gasteiger partial charge in [0.1, 0.15) is 4.90 Å². The van der Waals surface area contributed by atoms with Crippen LogP contribution in [-0.2, 0) is 10.0 Å². The Morgan fingerprint density at radius 2 is 1.95 bits per heavy atom. The standard InChI is InChI=1S/C9H7BrClF5N2O2S/c10-5-3(11)1-4(6(12)7(5)17)21(19,20)18-2-9(15,16)8(13)14/h1,8,18H,2,17H2. The Kier molecular flexibility index (Phi) is 5.45. The molecule has 0 heterocycles. The summed E-state index contributed by atoms with van der Waals surface area (Å²) in [5, 5.41) is -0.296. The normalized spacial score (nSPS) is 13.0. The first-order valence-electron chi connectivity index (χ1n) is 4.98. The average Bonchev–Trinajstić information content (AvgIpc) is 2.38. The second-order valence-corrected chi connectivity index (χ2v) is 6.72. The Morgan fingerprint density at radius 1 is 1.43 bits per heavy atom. The first-order valence-corrected chi connectivity index (χ1v) is 7.64. The lowest BCUT2D eigenvalue weighted by Crippen LogP contribution is -2.41. The van der Waals surface area contributed by atoms with Crippen LogP contribution in [0.2, 0.25) is 5.02 Å². The Bertz CT molecular complexity index is 656. The van der Waals surface area contributed by atoms with Crippen molar-refractivity contribution in [3.63, 3.8) is 0 Å². The number of alkyl halides is 4. The summed E-state index contributed by atoms with van der Waals surface area (Å²) in [4.78, 5) is -1.13. The number of nitrogen functional groups attached to an aromatic ring is 1. The summed E-state index contributed by atoms with van der Waals surface area (Å²) in [7, 11) is -4.84. The summed E-state index contributed by atoms with van der Waals surface area (Å²) in [5.74, 6) is -6.05. The molecule has 0 bridgehead atoms. The molecule has 4 nitrogen and oxygen atoms in total. The van der Waals surface area contributed by atoms with Crippen molar-refractivity contribution in [1.29, 1.82) is 0 Å². The molecule has 0 amide bonds. The molecule has 21 heavy (non-hydrogen) atoms. The summed E-state index contributed by atoms with van der Waals surface area (Å²) in [6, 6.07) is 0.611. The van der Waals surface area contributed by atoms with Crippen LogP contribution in [0.25, 0.3) is 0 Å². The van der Waals surface area contributed by atoms with Gasteiger partial charge in [0.2, 0.25) is 10.0 Å². The molecule has 0 saturated carbocycles. The maximum absolute atomic E-state index is 13.7. The van der Waals surface area contributed by atoms with Crippen molar-refractivity contribution in [2.45, 2.75) is 17.2 Å². The molecule has 0 aliphatic rings. The van der Waals surface area contributed by atoms with Gasteiger partial charge in [-0.05, 0) is 22.0 Å². The van der Waals surface area contributed by atoms with Gasteiger partial charge in [0.25, 0.3) is 0 Å². The highest BCUT2D eigenvalue weighted by atomic mass is 79.9. The van der Waals surface area contributed by atoms with Gasteiger partial charge in [-0.3, -0.25) is 0 Å². The maximum atomic E-state index is 13.7. The minimum atomic E-state index is -4.84. The van der Waals surface area contributed by atoms with Crippen LogP contribution in [0.15, 0.2) is 15.4 Å². The number of nitrogens with two attached hydrogens (primary N) is 1. The fourth-order valence-corrected chi connectivity index (χ4v) is 2.86. The van der Waals surface area contributed by atoms with Crippen LogP contribution in [0.1, 0.15) is 0 Å². The lowest BCUT2D eigenvalue weighted by atomic mass is 10.3. The van der Waals surface area contributed by atoms with Gasteiger partial charge in [0, 0.05) is 0 Å². The van der Waals surface area contributed by atoms with Crippen LogP contribution in [0.5, 0.6) is 0 Å². The number of nitrogens with one attached hydrogen (secondary N) is 1. The second kappa shape index (κ2) is 6.23. The molecular formula is C9H7BrClF5N2O2S. The van der Waals surface area contributed by atoms with E-state index in [1.165, 1.54) is 4.72 Å². The molecule has 3 N–H and O–H groups in total. The molecule has 1 aromatic carbocycles. The molecular weight excluding hydrogens is 411 g/mol. The molecule has 0 unspecified atom stereocenters. The molecule has 0 fully saturated rings. The van der Waals surface area contributed by atoms with E-state index >= 15 is 0 Å². The van der Waals surface area contributed by atoms with Crippen LogP contribution in [-0.4, -0.2) is 27.3 Å². The second-order valence-electron chi connectivity index (χ2n) is 3.78. The molecule has 0 atom stereocenters. The zero-order chi connectivity index (χ0) is 16.6. The number of halogens is 7. The van der Waals surface area contributed by atoms with E-state index in [0.717, 1.165) is 0 Å². The van der Waals surface area contributed by atoms with Gasteiger partial charge in [-0.1, -0.05) is 11.6 Å². The molecule has 1 aromatic rings. The molecule has 0 aliphatic heterocycles. The molecule has 0 radical (unpaired) electrons. The van der Waals surface area contributed by atoms with Crippen molar-refractivity contribution in [3.8, 4) is 0 Å². The monoisotopic (exact) mass is 416 g/mol. The quantitative estimate of drug-likeness (QED) is 0.439. The molecule has 12 heteroatoms. The lowest BCUT2D eigenvalue weighted by molar-refractivity contribution is -0.122. The fraction of sp³-hybridized carbons (Fsp3) is 0.333. The highest BCUT2D eigenvalue weighted by Gasteiger charge is 2.42. The number of benzene rings is 1. The third-order valence-corrected chi connectivity index (χ3v) is 5.04. The molecule has 0 spiro atoms. The molecule has 0 saturated heterocycles. The smallest absolute Gasteiger partial charge is 0.320 e. The predicted molar refractivity (Wildman–Crippen MR) is 69.7 cm³/mol. The van der Waals surface area contributed by atoms with Gasteiger partial charge in [0.15, 0.2) is 5.82 Å². The van der Waals surface area contributed by atoms with E-state index in [0.29, 0.717) is 6.07 Å². The maximum Gasteiger partial charge on any atom is 0.320 e. The van der Waals surface area contributed by atoms with E-state index in [-0.39, 0.29) is 9.50 Å². The van der Waals surface area contributed by atoms with Gasteiger partial charge in [-0.2, -0.15) is 8.78 Å². The van der Waals surface area contributed by atoms with Crippen molar-refractivity contribution in [2.24, 2.45) is 0 Å². The minimum absolute atomic E-state index is 0.126. The summed E-state index contributed by atoms with van der Waals surface area (Å²) in [6.45, 7) is -1.90. The zero-order valence-electron chi connectivity index (χ0n) is 9.81. The van der Waals surface area contributed by atoms with Crippen molar-refractivity contribution in [3.05, 3.63) is 21.4 Å². The van der Waals surface area contributed by atoms with Gasteiger partial charge < -0.3 is 5.73 Å². The van der Waals surface area contributed by atoms with Gasteiger partial charge in [-0.25, -0.2) is 26.3 Å². The number of rotatable bonds is 5. The molecule has 0 aliphatic carbocycles. The van der Waals surface area contributed by atoms with E-state index in [9.17, 15) is 30.4 Å². The van der Waals surface area contributed by atoms with E-state index in [4.69, 9.17) is 17.3 Å². The molecule has 120 valence electrons. The third-order valence-electron chi connectivity index (χ3n) is 2.26. The van der Waals surface area contributed by atoms with Crippen LogP contribution in [0.3, 0.4) is 0 Å². The topological polar surface area (TPSA) is 72.2 Å². The largest absolute Gasteiger partial charge is 0.395 e. The summed E-state index contributed by atoms with van der Waals surface area (Å²) in [6.07, 6.45) is -4.08. The third kappa shape index (κ3) is 3.96. The minimum Gasteiger partial charge on any atom is -0.395 e. The van der Waals surface area contributed by atoms with Gasteiger partial charge in [-0.15, -0.1) is 0 Å².